The van der Waals surface area contributed by atoms with E-state index < -0.39 is 23.8 Å². The molecule has 12 heteroatoms. The van der Waals surface area contributed by atoms with E-state index in [-0.39, 0.29) is 35.1 Å². The first-order valence-corrected chi connectivity index (χ1v) is 13.7. The lowest BCUT2D eigenvalue weighted by atomic mass is 9.74. The number of nitrogens with zero attached hydrogens (tertiary/aromatic N) is 3. The van der Waals surface area contributed by atoms with Gasteiger partial charge in [-0.05, 0) is 73.5 Å². The van der Waals surface area contributed by atoms with Crippen molar-refractivity contribution in [3.8, 4) is 5.75 Å². The minimum Gasteiger partial charge on any atom is -0.405 e. The molecule has 2 amide bonds. The molecule has 0 atom stereocenters. The maximum Gasteiger partial charge on any atom is 0.573 e. The van der Waals surface area contributed by atoms with Gasteiger partial charge in [0.25, 0.3) is 0 Å². The van der Waals surface area contributed by atoms with Gasteiger partial charge in [-0.15, -0.1) is 13.2 Å². The molecule has 2 aromatic carbocycles. The molecule has 0 aliphatic carbocycles. The van der Waals surface area contributed by atoms with Gasteiger partial charge in [0.15, 0.2) is 0 Å². The molecule has 1 saturated heterocycles. The molecule has 3 aromatic rings. The molecular formula is C29H26Cl2F4N4O2. The lowest BCUT2D eigenvalue weighted by Gasteiger charge is -2.40. The van der Waals surface area contributed by atoms with Crippen molar-refractivity contribution < 1.29 is 27.1 Å². The molecule has 41 heavy (non-hydrogen) atoms. The Labute approximate surface area is 244 Å². The molecule has 6 nitrogen and oxygen atoms in total. The van der Waals surface area contributed by atoms with Crippen LogP contribution in [0.5, 0.6) is 5.75 Å². The zero-order chi connectivity index (χ0) is 29.2. The third kappa shape index (κ3) is 6.77. The number of anilines is 1. The van der Waals surface area contributed by atoms with Crippen molar-refractivity contribution in [2.75, 3.05) is 31.1 Å². The molecule has 1 N–H and O–H groups in total. The lowest BCUT2D eigenvalue weighted by molar-refractivity contribution is -0.275. The fourth-order valence-corrected chi connectivity index (χ4v) is 5.86. The van der Waals surface area contributed by atoms with E-state index in [1.807, 2.05) is 36.4 Å². The van der Waals surface area contributed by atoms with E-state index in [1.165, 1.54) is 29.3 Å². The van der Waals surface area contributed by atoms with Crippen molar-refractivity contribution in [1.29, 1.82) is 0 Å². The number of halogens is 6. The monoisotopic (exact) mass is 608 g/mol. The molecule has 0 unspecified atom stereocenters. The predicted octanol–water partition coefficient (Wildman–Crippen LogP) is 7.20. The van der Waals surface area contributed by atoms with E-state index in [0.717, 1.165) is 5.56 Å². The first-order chi connectivity index (χ1) is 19.5. The Morgan fingerprint density at radius 2 is 1.83 bits per heavy atom. The molecule has 2 aliphatic rings. The fraction of sp³-hybridized carbons (Fsp3) is 0.310. The topological polar surface area (TPSA) is 57.7 Å². The van der Waals surface area contributed by atoms with Gasteiger partial charge in [0, 0.05) is 41.8 Å². The van der Waals surface area contributed by atoms with Crippen molar-refractivity contribution in [3.05, 3.63) is 93.5 Å². The van der Waals surface area contributed by atoms with Crippen LogP contribution < -0.4 is 15.0 Å². The maximum atomic E-state index is 13.5. The van der Waals surface area contributed by atoms with E-state index in [1.54, 1.807) is 6.07 Å². The molecule has 3 heterocycles. The number of ether oxygens (including phenoxy) is 1. The Morgan fingerprint density at radius 1 is 1.10 bits per heavy atom. The minimum absolute atomic E-state index is 0.00119. The molecule has 1 spiro atoms. The standard InChI is InChI=1S/C29H26Cl2F4N4O2/c30-21-5-3-19(4-6-21)2-1-13-38-14-10-28(11-15-38)18-39(27(40)37-17-20-9-12-36-24(32)16-20)26-22(31)7-8-23(25(26)28)41-29(33,34)35/h1-9,12,16H,10-11,13-15,17-18H2,(H,37,40). The second-order valence-corrected chi connectivity index (χ2v) is 10.9. The van der Waals surface area contributed by atoms with E-state index in [0.29, 0.717) is 43.1 Å². The predicted molar refractivity (Wildman–Crippen MR) is 150 cm³/mol. The van der Waals surface area contributed by atoms with Crippen molar-refractivity contribution in [2.45, 2.75) is 31.2 Å². The summed E-state index contributed by atoms with van der Waals surface area (Å²) in [6.45, 7) is 1.97. The number of urea groups is 1. The first-order valence-electron chi connectivity index (χ1n) is 12.9. The van der Waals surface area contributed by atoms with Gasteiger partial charge in [-0.1, -0.05) is 47.5 Å². The number of hydrogen-bond donors (Lipinski definition) is 1. The normalized spacial score (nSPS) is 16.8. The number of fused-ring (bicyclic) bond motifs is 2. The number of carbonyl (C=O) groups is 1. The van der Waals surface area contributed by atoms with Crippen LogP contribution in [0.25, 0.3) is 6.08 Å². The number of nitrogens with one attached hydrogen (secondary N) is 1. The number of likely N-dealkylation sites (tertiary alicyclic amines) is 1. The molecule has 0 bridgehead atoms. The molecule has 1 fully saturated rings. The van der Waals surface area contributed by atoms with Gasteiger partial charge < -0.3 is 10.1 Å². The average Bonchev–Trinajstić information content (AvgIpc) is 3.26. The van der Waals surface area contributed by atoms with Crippen LogP contribution in [-0.4, -0.2) is 48.5 Å². The third-order valence-electron chi connectivity index (χ3n) is 7.41. The third-order valence-corrected chi connectivity index (χ3v) is 7.97. The Balaban J connectivity index is 1.36. The summed E-state index contributed by atoms with van der Waals surface area (Å²) in [6.07, 6.45) is 1.36. The summed E-state index contributed by atoms with van der Waals surface area (Å²) < 4.78 is 58.2. The van der Waals surface area contributed by atoms with Crippen molar-refractivity contribution >= 4 is 41.0 Å². The number of piperidine rings is 1. The number of benzene rings is 2. The Bertz CT molecular complexity index is 1440. The quantitative estimate of drug-likeness (QED) is 0.237. The van der Waals surface area contributed by atoms with E-state index in [9.17, 15) is 22.4 Å². The van der Waals surface area contributed by atoms with Crippen LogP contribution in [-0.2, 0) is 12.0 Å². The SMILES string of the molecule is O=C(NCc1ccnc(F)c1)N1CC2(CCN(CC=Cc3ccc(Cl)cc3)CC2)c2c(OC(F)(F)F)ccc(Cl)c21. The Kier molecular flexibility index (Phi) is 8.45. The minimum atomic E-state index is -4.92. The molecule has 2 aliphatic heterocycles. The number of amides is 2. The molecule has 0 radical (unpaired) electrons. The average molecular weight is 609 g/mol. The molecule has 1 aromatic heterocycles. The highest BCUT2D eigenvalue weighted by molar-refractivity contribution is 6.34. The number of alkyl halides is 3. The number of hydrogen-bond acceptors (Lipinski definition) is 4. The van der Waals surface area contributed by atoms with Gasteiger partial charge in [0.2, 0.25) is 5.95 Å². The second-order valence-electron chi connectivity index (χ2n) is 10.1. The molecule has 5 rings (SSSR count). The van der Waals surface area contributed by atoms with Gasteiger partial charge in [-0.3, -0.25) is 9.80 Å². The van der Waals surface area contributed by atoms with Gasteiger partial charge in [0.05, 0.1) is 10.7 Å². The van der Waals surface area contributed by atoms with E-state index in [4.69, 9.17) is 23.2 Å². The number of carbonyl (C=O) groups excluding carboxylic acids is 1. The van der Waals surface area contributed by atoms with E-state index >= 15 is 0 Å². The Hall–Kier alpha value is -3.34. The van der Waals surface area contributed by atoms with Crippen molar-refractivity contribution in [1.82, 2.24) is 15.2 Å². The molecular weight excluding hydrogens is 583 g/mol. The number of pyridine rings is 1. The largest absolute Gasteiger partial charge is 0.573 e. The van der Waals surface area contributed by atoms with Crippen molar-refractivity contribution in [3.63, 3.8) is 0 Å². The van der Waals surface area contributed by atoms with Gasteiger partial charge in [0.1, 0.15) is 5.75 Å². The Morgan fingerprint density at radius 3 is 2.51 bits per heavy atom. The van der Waals surface area contributed by atoms with Crippen LogP contribution in [0.4, 0.5) is 28.0 Å². The smallest absolute Gasteiger partial charge is 0.405 e. The summed E-state index contributed by atoms with van der Waals surface area (Å²) in [5.41, 5.74) is 1.18. The van der Waals surface area contributed by atoms with Crippen LogP contribution in [0.3, 0.4) is 0 Å². The van der Waals surface area contributed by atoms with Crippen LogP contribution in [0.1, 0.15) is 29.5 Å². The highest BCUT2D eigenvalue weighted by Gasteiger charge is 2.50. The van der Waals surface area contributed by atoms with Crippen LogP contribution in [0.2, 0.25) is 10.0 Å². The van der Waals surface area contributed by atoms with Gasteiger partial charge in [-0.2, -0.15) is 4.39 Å². The van der Waals surface area contributed by atoms with Gasteiger partial charge >= 0.3 is 12.4 Å². The summed E-state index contributed by atoms with van der Waals surface area (Å²) in [5, 5.41) is 3.52. The van der Waals surface area contributed by atoms with Crippen molar-refractivity contribution in [2.24, 2.45) is 0 Å². The molecule has 0 saturated carbocycles. The summed E-state index contributed by atoms with van der Waals surface area (Å²) in [7, 11) is 0. The maximum absolute atomic E-state index is 13.5. The van der Waals surface area contributed by atoms with Gasteiger partial charge in [-0.25, -0.2) is 9.78 Å². The summed E-state index contributed by atoms with van der Waals surface area (Å²) in [6, 6.07) is 12.2. The summed E-state index contributed by atoms with van der Waals surface area (Å²) in [4.78, 5) is 20.4. The van der Waals surface area contributed by atoms with Crippen LogP contribution >= 0.6 is 23.2 Å². The highest BCUT2D eigenvalue weighted by Crippen LogP contribution is 2.54. The van der Waals surface area contributed by atoms with Crippen LogP contribution in [0, 0.1) is 5.95 Å². The van der Waals surface area contributed by atoms with E-state index in [2.05, 4.69) is 19.9 Å². The zero-order valence-electron chi connectivity index (χ0n) is 21.7. The van der Waals surface area contributed by atoms with Crippen LogP contribution in [0.15, 0.2) is 60.8 Å². The fourth-order valence-electron chi connectivity index (χ4n) is 5.48. The first kappa shape index (κ1) is 29.2. The highest BCUT2D eigenvalue weighted by atomic mass is 35.5. The summed E-state index contributed by atoms with van der Waals surface area (Å²) in [5.74, 6) is -1.05. The zero-order valence-corrected chi connectivity index (χ0v) is 23.2. The lowest BCUT2D eigenvalue weighted by Crippen LogP contribution is -2.47. The number of aromatic nitrogens is 1. The second kappa shape index (κ2) is 11.9. The summed E-state index contributed by atoms with van der Waals surface area (Å²) >= 11 is 12.5. The number of rotatable bonds is 6. The molecule has 216 valence electrons.